The summed E-state index contributed by atoms with van der Waals surface area (Å²) in [5, 5.41) is 10.2. The molecule has 3 N–H and O–H groups in total. The lowest BCUT2D eigenvalue weighted by atomic mass is 10.2. The predicted molar refractivity (Wildman–Crippen MR) is 43.3 cm³/mol. The third-order valence-electron chi connectivity index (χ3n) is 1.37. The Morgan fingerprint density at radius 2 is 2.27 bits per heavy atom. The maximum Gasteiger partial charge on any atom is 0.0915 e. The fourth-order valence-corrected chi connectivity index (χ4v) is 0.789. The smallest absolute Gasteiger partial charge is 0.0915 e. The lowest BCUT2D eigenvalue weighted by Crippen LogP contribution is -2.21. The molecule has 0 spiro atoms. The normalized spacial score (nSPS) is 16.6. The van der Waals surface area contributed by atoms with E-state index in [9.17, 15) is 5.21 Å². The highest BCUT2D eigenvalue weighted by molar-refractivity contribution is 5.37. The summed E-state index contributed by atoms with van der Waals surface area (Å²) < 4.78 is 0. The molecule has 1 rings (SSSR count). The minimum Gasteiger partial charge on any atom is -0.397 e. The van der Waals surface area contributed by atoms with Crippen molar-refractivity contribution in [2.45, 2.75) is 0 Å². The zero-order chi connectivity index (χ0) is 8.43. The molecule has 0 saturated heterocycles. The van der Waals surface area contributed by atoms with Gasteiger partial charge in [-0.25, -0.2) is 5.06 Å². The summed E-state index contributed by atoms with van der Waals surface area (Å²) in [6.45, 7) is 7.08. The second-order valence-corrected chi connectivity index (χ2v) is 2.24. The maximum absolute atomic E-state index is 9.28. The van der Waals surface area contributed by atoms with Crippen molar-refractivity contribution in [2.75, 3.05) is 0 Å². The molecule has 0 aromatic carbocycles. The standard InChI is InChI=1S/C8H10N2O/c1-6-4-3-5-8(7(2)9)10(6)11/h3-5,11H,1-2,9H2. The number of hydroxylamine groups is 2. The molecule has 0 aliphatic carbocycles. The summed E-state index contributed by atoms with van der Waals surface area (Å²) in [5.74, 6) is 0. The van der Waals surface area contributed by atoms with E-state index in [-0.39, 0.29) is 0 Å². The van der Waals surface area contributed by atoms with Gasteiger partial charge in [0.15, 0.2) is 0 Å². The number of allylic oxidation sites excluding steroid dienone is 3. The van der Waals surface area contributed by atoms with Crippen LogP contribution in [0.25, 0.3) is 0 Å². The van der Waals surface area contributed by atoms with Gasteiger partial charge in [0, 0.05) is 0 Å². The van der Waals surface area contributed by atoms with E-state index < -0.39 is 0 Å². The fourth-order valence-electron chi connectivity index (χ4n) is 0.789. The second kappa shape index (κ2) is 2.64. The van der Waals surface area contributed by atoms with Crippen LogP contribution < -0.4 is 5.73 Å². The topological polar surface area (TPSA) is 49.5 Å². The first-order valence-corrected chi connectivity index (χ1v) is 3.14. The van der Waals surface area contributed by atoms with Gasteiger partial charge in [-0.05, 0) is 12.2 Å². The zero-order valence-corrected chi connectivity index (χ0v) is 6.12. The molecule has 3 nitrogen and oxygen atoms in total. The van der Waals surface area contributed by atoms with Crippen LogP contribution in [0.15, 0.2) is 48.5 Å². The minimum atomic E-state index is 0.318. The number of nitrogens with zero attached hydrogens (tertiary/aromatic N) is 1. The molecule has 0 saturated carbocycles. The Hall–Kier alpha value is -1.48. The van der Waals surface area contributed by atoms with Gasteiger partial charge in [-0.3, -0.25) is 5.21 Å². The quantitative estimate of drug-likeness (QED) is 0.588. The summed E-state index contributed by atoms with van der Waals surface area (Å²) >= 11 is 0. The second-order valence-electron chi connectivity index (χ2n) is 2.24. The average molecular weight is 150 g/mol. The highest BCUT2D eigenvalue weighted by Gasteiger charge is 2.11. The van der Waals surface area contributed by atoms with Crippen LogP contribution >= 0.6 is 0 Å². The van der Waals surface area contributed by atoms with Gasteiger partial charge in [-0.1, -0.05) is 19.2 Å². The molecule has 3 heteroatoms. The molecule has 1 aliphatic rings. The molecule has 0 aromatic heterocycles. The van der Waals surface area contributed by atoms with Crippen LogP contribution in [0.1, 0.15) is 0 Å². The van der Waals surface area contributed by atoms with Gasteiger partial charge < -0.3 is 5.73 Å². The van der Waals surface area contributed by atoms with Crippen molar-refractivity contribution in [2.24, 2.45) is 5.73 Å². The summed E-state index contributed by atoms with van der Waals surface area (Å²) in [5.41, 5.74) is 6.65. The van der Waals surface area contributed by atoms with Crippen LogP contribution in [-0.4, -0.2) is 10.3 Å². The van der Waals surface area contributed by atoms with Gasteiger partial charge in [0.2, 0.25) is 0 Å². The Balaban J connectivity index is 2.96. The average Bonchev–Trinajstić information content (AvgIpc) is 1.94. The number of hydrogen-bond donors (Lipinski definition) is 2. The molecule has 1 aliphatic heterocycles. The first-order valence-electron chi connectivity index (χ1n) is 3.14. The summed E-state index contributed by atoms with van der Waals surface area (Å²) in [4.78, 5) is 0. The molecule has 0 radical (unpaired) electrons. The van der Waals surface area contributed by atoms with Gasteiger partial charge in [-0.2, -0.15) is 0 Å². The fraction of sp³-hybridized carbons (Fsp3) is 0. The molecule has 0 unspecified atom stereocenters. The van der Waals surface area contributed by atoms with E-state index in [4.69, 9.17) is 5.73 Å². The summed E-state index contributed by atoms with van der Waals surface area (Å²) in [6.07, 6.45) is 5.09. The van der Waals surface area contributed by atoms with E-state index in [1.807, 2.05) is 0 Å². The predicted octanol–water partition coefficient (Wildman–Crippen LogP) is 1.12. The zero-order valence-electron chi connectivity index (χ0n) is 6.12. The van der Waals surface area contributed by atoms with E-state index in [1.54, 1.807) is 18.2 Å². The van der Waals surface area contributed by atoms with Crippen LogP contribution in [0.5, 0.6) is 0 Å². The van der Waals surface area contributed by atoms with Gasteiger partial charge in [0.1, 0.15) is 0 Å². The van der Waals surface area contributed by atoms with Gasteiger partial charge in [-0.15, -0.1) is 0 Å². The van der Waals surface area contributed by atoms with E-state index >= 15 is 0 Å². The molecule has 0 fully saturated rings. The van der Waals surface area contributed by atoms with Crippen molar-refractivity contribution in [1.82, 2.24) is 5.06 Å². The van der Waals surface area contributed by atoms with Crippen LogP contribution in [0.3, 0.4) is 0 Å². The van der Waals surface area contributed by atoms with Crippen molar-refractivity contribution in [3.8, 4) is 0 Å². The SMILES string of the molecule is C=C(N)C1=CC=CC(=C)N1O. The first kappa shape index (κ1) is 7.63. The van der Waals surface area contributed by atoms with Crippen LogP contribution in [0.2, 0.25) is 0 Å². The Labute approximate surface area is 65.4 Å². The van der Waals surface area contributed by atoms with E-state index in [1.165, 1.54) is 0 Å². The third-order valence-corrected chi connectivity index (χ3v) is 1.37. The molecule has 0 amide bonds. The highest BCUT2D eigenvalue weighted by atomic mass is 16.5. The first-order chi connectivity index (χ1) is 5.13. The summed E-state index contributed by atoms with van der Waals surface area (Å²) in [7, 11) is 0. The lowest BCUT2D eigenvalue weighted by Gasteiger charge is -2.22. The van der Waals surface area contributed by atoms with E-state index in [2.05, 4.69) is 13.2 Å². The van der Waals surface area contributed by atoms with Crippen molar-refractivity contribution in [1.29, 1.82) is 0 Å². The van der Waals surface area contributed by atoms with Crippen molar-refractivity contribution in [3.05, 3.63) is 48.5 Å². The molecule has 0 aromatic rings. The largest absolute Gasteiger partial charge is 0.397 e. The lowest BCUT2D eigenvalue weighted by molar-refractivity contribution is -0.0122. The van der Waals surface area contributed by atoms with E-state index in [0.29, 0.717) is 17.1 Å². The van der Waals surface area contributed by atoms with Crippen LogP contribution in [-0.2, 0) is 0 Å². The number of rotatable bonds is 1. The molecule has 0 bridgehead atoms. The molecular formula is C8H10N2O. The van der Waals surface area contributed by atoms with Gasteiger partial charge in [0.25, 0.3) is 0 Å². The molecule has 1 heterocycles. The minimum absolute atomic E-state index is 0.318. The van der Waals surface area contributed by atoms with Crippen molar-refractivity contribution in [3.63, 3.8) is 0 Å². The van der Waals surface area contributed by atoms with Crippen LogP contribution in [0.4, 0.5) is 0 Å². The van der Waals surface area contributed by atoms with Gasteiger partial charge in [0.05, 0.1) is 17.1 Å². The highest BCUT2D eigenvalue weighted by Crippen LogP contribution is 2.17. The monoisotopic (exact) mass is 150 g/mol. The third kappa shape index (κ3) is 1.33. The Kier molecular flexibility index (Phi) is 1.83. The number of hydrogen-bond acceptors (Lipinski definition) is 3. The Morgan fingerprint density at radius 1 is 1.64 bits per heavy atom. The maximum atomic E-state index is 9.28. The van der Waals surface area contributed by atoms with Crippen LogP contribution in [0, 0.1) is 0 Å². The molecule has 58 valence electrons. The van der Waals surface area contributed by atoms with Crippen molar-refractivity contribution < 1.29 is 5.21 Å². The molecular weight excluding hydrogens is 140 g/mol. The molecule has 0 atom stereocenters. The summed E-state index contributed by atoms with van der Waals surface area (Å²) in [6, 6.07) is 0. The van der Waals surface area contributed by atoms with Gasteiger partial charge >= 0.3 is 0 Å². The molecule has 11 heavy (non-hydrogen) atoms. The Morgan fingerprint density at radius 3 is 2.73 bits per heavy atom. The van der Waals surface area contributed by atoms with E-state index in [0.717, 1.165) is 5.06 Å². The Bertz CT molecular complexity index is 263. The number of nitrogens with two attached hydrogens (primary N) is 1. The van der Waals surface area contributed by atoms with Crippen molar-refractivity contribution >= 4 is 0 Å².